The van der Waals surface area contributed by atoms with Crippen LogP contribution in [0.4, 0.5) is 0 Å². The van der Waals surface area contributed by atoms with Gasteiger partial charge in [-0.15, -0.1) is 0 Å². The summed E-state index contributed by atoms with van der Waals surface area (Å²) >= 11 is 0. The number of nitriles is 4. The molecule has 1 N–H and O–H groups in total. The average Bonchev–Trinajstić information content (AvgIpc) is 2.31. The highest BCUT2D eigenvalue weighted by Crippen LogP contribution is 1.96. The van der Waals surface area contributed by atoms with E-state index in [2.05, 4.69) is 5.32 Å². The van der Waals surface area contributed by atoms with Gasteiger partial charge in [0.25, 0.3) is 0 Å². The number of rotatable bonds is 2. The van der Waals surface area contributed by atoms with Crippen LogP contribution in [0.2, 0.25) is 0 Å². The fourth-order valence-corrected chi connectivity index (χ4v) is 0.477. The Kier molecular flexibility index (Phi) is 12.3. The van der Waals surface area contributed by atoms with Crippen molar-refractivity contribution in [2.45, 2.75) is 0 Å². The van der Waals surface area contributed by atoms with Gasteiger partial charge in [0.15, 0.2) is 5.92 Å². The van der Waals surface area contributed by atoms with Crippen LogP contribution in [0.15, 0.2) is 23.8 Å². The molecule has 0 atom stereocenters. The molecule has 0 aliphatic carbocycles. The van der Waals surface area contributed by atoms with Gasteiger partial charge in [-0.05, 0) is 20.2 Å². The molecule has 0 saturated carbocycles. The molecule has 5 nitrogen and oxygen atoms in total. The van der Waals surface area contributed by atoms with Gasteiger partial charge in [0.2, 0.25) is 0 Å². The maximum Gasteiger partial charge on any atom is 0.151 e. The maximum atomic E-state index is 8.33. The Morgan fingerprint density at radius 2 is 1.50 bits per heavy atom. The molecule has 0 bridgehead atoms. The van der Waals surface area contributed by atoms with E-state index in [1.54, 1.807) is 24.3 Å². The summed E-state index contributed by atoms with van der Waals surface area (Å²) in [6.07, 6.45) is 3.91. The number of hydrogen-bond donors (Lipinski definition) is 1. The lowest BCUT2D eigenvalue weighted by Crippen LogP contribution is -1.89. The highest BCUT2D eigenvalue weighted by Gasteiger charge is 1.96. The molecule has 0 aromatic rings. The van der Waals surface area contributed by atoms with Gasteiger partial charge < -0.3 is 5.32 Å². The van der Waals surface area contributed by atoms with E-state index in [4.69, 9.17) is 21.0 Å². The van der Waals surface area contributed by atoms with E-state index < -0.39 is 5.92 Å². The van der Waals surface area contributed by atoms with Gasteiger partial charge in [-0.2, -0.15) is 21.0 Å². The van der Waals surface area contributed by atoms with Crippen molar-refractivity contribution in [1.29, 1.82) is 21.0 Å². The van der Waals surface area contributed by atoms with E-state index in [0.717, 1.165) is 0 Å². The van der Waals surface area contributed by atoms with Gasteiger partial charge in [0.05, 0.1) is 12.1 Å². The summed E-state index contributed by atoms with van der Waals surface area (Å²) in [5.41, 5.74) is -0.0640. The molecule has 5 heteroatoms. The van der Waals surface area contributed by atoms with E-state index >= 15 is 0 Å². The molecule has 0 amide bonds. The first-order chi connectivity index (χ1) is 7.69. The van der Waals surface area contributed by atoms with Crippen LogP contribution in [-0.4, -0.2) is 14.1 Å². The Morgan fingerprint density at radius 3 is 1.81 bits per heavy atom. The number of hydrogen-bond acceptors (Lipinski definition) is 5. The predicted octanol–water partition coefficient (Wildman–Crippen LogP) is 1.02. The minimum absolute atomic E-state index is 0.0640. The van der Waals surface area contributed by atoms with Crippen molar-refractivity contribution in [3.05, 3.63) is 23.8 Å². The van der Waals surface area contributed by atoms with Crippen LogP contribution in [0, 0.1) is 51.2 Å². The molecule has 0 aliphatic heterocycles. The second-order valence-corrected chi connectivity index (χ2v) is 2.42. The molecule has 0 heterocycles. The molecule has 80 valence electrons. The SMILES string of the molecule is CNC.N#CC(C#N)=CC=CC(C#N)C#N. The van der Waals surface area contributed by atoms with Crippen molar-refractivity contribution in [2.24, 2.45) is 5.92 Å². The van der Waals surface area contributed by atoms with Crippen molar-refractivity contribution < 1.29 is 0 Å². The predicted molar refractivity (Wildman–Crippen MR) is 58.1 cm³/mol. The zero-order chi connectivity index (χ0) is 12.8. The molecule has 0 aromatic heterocycles. The molecule has 0 fully saturated rings. The van der Waals surface area contributed by atoms with Gasteiger partial charge in [-0.3, -0.25) is 0 Å². The lowest BCUT2D eigenvalue weighted by molar-refractivity contribution is 1.02. The van der Waals surface area contributed by atoms with Crippen molar-refractivity contribution in [3.63, 3.8) is 0 Å². The van der Waals surface area contributed by atoms with E-state index in [1.807, 2.05) is 14.1 Å². The van der Waals surface area contributed by atoms with Crippen LogP contribution < -0.4 is 5.32 Å². The first-order valence-electron chi connectivity index (χ1n) is 4.26. The smallest absolute Gasteiger partial charge is 0.151 e. The minimum Gasteiger partial charge on any atom is -0.323 e. The molecular formula is C11H11N5. The highest BCUT2D eigenvalue weighted by atomic mass is 14.7. The summed E-state index contributed by atoms with van der Waals surface area (Å²) in [6, 6.07) is 6.73. The van der Waals surface area contributed by atoms with Crippen LogP contribution >= 0.6 is 0 Å². The Labute approximate surface area is 95.1 Å². The Balaban J connectivity index is 0. The fraction of sp³-hybridized carbons (Fsp3) is 0.273. The van der Waals surface area contributed by atoms with Crippen LogP contribution in [0.25, 0.3) is 0 Å². The van der Waals surface area contributed by atoms with Gasteiger partial charge in [-0.25, -0.2) is 0 Å². The zero-order valence-electron chi connectivity index (χ0n) is 9.10. The van der Waals surface area contributed by atoms with Crippen molar-refractivity contribution in [2.75, 3.05) is 14.1 Å². The van der Waals surface area contributed by atoms with Gasteiger partial charge in [0.1, 0.15) is 17.7 Å². The first kappa shape index (κ1) is 15.9. The summed E-state index contributed by atoms with van der Waals surface area (Å²) < 4.78 is 0. The first-order valence-corrected chi connectivity index (χ1v) is 4.26. The van der Waals surface area contributed by atoms with E-state index in [-0.39, 0.29) is 5.57 Å². The van der Waals surface area contributed by atoms with Crippen LogP contribution in [0.5, 0.6) is 0 Å². The Morgan fingerprint density at radius 1 is 1.06 bits per heavy atom. The number of nitrogens with one attached hydrogen (secondary N) is 1. The van der Waals surface area contributed by atoms with Gasteiger partial charge >= 0.3 is 0 Å². The summed E-state index contributed by atoms with van der Waals surface area (Å²) in [7, 11) is 3.75. The Bertz CT molecular complexity index is 376. The van der Waals surface area contributed by atoms with Crippen LogP contribution in [0.3, 0.4) is 0 Å². The third-order valence-electron chi connectivity index (χ3n) is 1.09. The normalized spacial score (nSPS) is 7.69. The summed E-state index contributed by atoms with van der Waals surface area (Å²) in [5, 5.41) is 36.0. The summed E-state index contributed by atoms with van der Waals surface area (Å²) in [5.74, 6) is -0.838. The zero-order valence-corrected chi connectivity index (χ0v) is 9.10. The number of allylic oxidation sites excluding steroid dienone is 4. The molecule has 0 spiro atoms. The highest BCUT2D eigenvalue weighted by molar-refractivity contribution is 5.38. The fourth-order valence-electron chi connectivity index (χ4n) is 0.477. The molecule has 0 unspecified atom stereocenters. The minimum atomic E-state index is -0.838. The summed E-state index contributed by atoms with van der Waals surface area (Å²) in [4.78, 5) is 0. The van der Waals surface area contributed by atoms with Crippen molar-refractivity contribution in [3.8, 4) is 24.3 Å². The monoisotopic (exact) mass is 213 g/mol. The molecular weight excluding hydrogens is 202 g/mol. The quantitative estimate of drug-likeness (QED) is 0.544. The molecule has 0 saturated heterocycles. The van der Waals surface area contributed by atoms with E-state index in [1.165, 1.54) is 18.2 Å². The molecule has 0 rings (SSSR count). The molecule has 0 aliphatic rings. The third kappa shape index (κ3) is 9.49. The van der Waals surface area contributed by atoms with Crippen LogP contribution in [0.1, 0.15) is 0 Å². The third-order valence-corrected chi connectivity index (χ3v) is 1.09. The van der Waals surface area contributed by atoms with Gasteiger partial charge in [0, 0.05) is 0 Å². The lowest BCUT2D eigenvalue weighted by Gasteiger charge is -1.83. The largest absolute Gasteiger partial charge is 0.323 e. The van der Waals surface area contributed by atoms with Crippen LogP contribution in [-0.2, 0) is 0 Å². The molecule has 16 heavy (non-hydrogen) atoms. The average molecular weight is 213 g/mol. The molecule has 0 aromatic carbocycles. The topological polar surface area (TPSA) is 107 Å². The van der Waals surface area contributed by atoms with E-state index in [9.17, 15) is 0 Å². The lowest BCUT2D eigenvalue weighted by atomic mass is 10.2. The van der Waals surface area contributed by atoms with Crippen molar-refractivity contribution >= 4 is 0 Å². The Hall–Kier alpha value is -2.60. The van der Waals surface area contributed by atoms with Gasteiger partial charge in [-0.1, -0.05) is 12.2 Å². The maximum absolute atomic E-state index is 8.33. The van der Waals surface area contributed by atoms with E-state index in [0.29, 0.717) is 0 Å². The van der Waals surface area contributed by atoms with Crippen molar-refractivity contribution in [1.82, 2.24) is 5.32 Å². The second kappa shape index (κ2) is 12.4. The number of nitrogens with zero attached hydrogens (tertiary/aromatic N) is 4. The summed E-state index contributed by atoms with van der Waals surface area (Å²) in [6.45, 7) is 0. The molecule has 0 radical (unpaired) electrons. The standard InChI is InChI=1S/C9H4N4.C2H7N/c10-4-8(5-11)2-1-3-9(6-12)7-13;1-3-2/h1-3,8H;3H,1-2H3. The second-order valence-electron chi connectivity index (χ2n) is 2.42.